The highest BCUT2D eigenvalue weighted by molar-refractivity contribution is 14.0. The van der Waals surface area contributed by atoms with Crippen LogP contribution in [-0.4, -0.2) is 76.6 Å². The first kappa shape index (κ1) is 25.9. The Bertz CT molecular complexity index is 409. The molecule has 2 unspecified atom stereocenters. The maximum atomic E-state index is 5.77. The van der Waals surface area contributed by atoms with Crippen molar-refractivity contribution in [2.75, 3.05) is 59.7 Å². The van der Waals surface area contributed by atoms with E-state index in [0.717, 1.165) is 58.3 Å². The lowest BCUT2D eigenvalue weighted by atomic mass is 10.0. The highest BCUT2D eigenvalue weighted by atomic mass is 127. The van der Waals surface area contributed by atoms with Gasteiger partial charge in [0.05, 0.1) is 13.2 Å². The normalized spacial score (nSPS) is 22.6. The van der Waals surface area contributed by atoms with Gasteiger partial charge in [-0.2, -0.15) is 0 Å². The SMILES string of the molecule is CN=C(NCCCOCC1CCOC1)NCC(C(C)C)N1CCCCCC1.I. The van der Waals surface area contributed by atoms with Gasteiger partial charge in [-0.1, -0.05) is 26.7 Å². The number of rotatable bonds is 10. The van der Waals surface area contributed by atoms with Crippen molar-refractivity contribution in [1.82, 2.24) is 15.5 Å². The maximum Gasteiger partial charge on any atom is 0.191 e. The van der Waals surface area contributed by atoms with Crippen molar-refractivity contribution in [1.29, 1.82) is 0 Å². The van der Waals surface area contributed by atoms with Crippen LogP contribution >= 0.6 is 24.0 Å². The van der Waals surface area contributed by atoms with Crippen LogP contribution in [0, 0.1) is 11.8 Å². The fourth-order valence-electron chi connectivity index (χ4n) is 3.98. The Balaban J connectivity index is 0.00000392. The lowest BCUT2D eigenvalue weighted by Crippen LogP contribution is -2.49. The van der Waals surface area contributed by atoms with Crippen molar-refractivity contribution in [2.45, 2.75) is 58.4 Å². The minimum absolute atomic E-state index is 0. The average Bonchev–Trinajstić information content (AvgIpc) is 3.04. The van der Waals surface area contributed by atoms with Gasteiger partial charge in [-0.25, -0.2) is 0 Å². The molecule has 0 aliphatic carbocycles. The lowest BCUT2D eigenvalue weighted by molar-refractivity contribution is 0.0888. The van der Waals surface area contributed by atoms with E-state index >= 15 is 0 Å². The van der Waals surface area contributed by atoms with Crippen molar-refractivity contribution >= 4 is 29.9 Å². The van der Waals surface area contributed by atoms with Crippen molar-refractivity contribution in [2.24, 2.45) is 16.8 Å². The number of likely N-dealkylation sites (tertiary alicyclic amines) is 1. The Morgan fingerprint density at radius 3 is 2.54 bits per heavy atom. The van der Waals surface area contributed by atoms with Gasteiger partial charge in [0.1, 0.15) is 0 Å². The molecule has 28 heavy (non-hydrogen) atoms. The minimum atomic E-state index is 0. The summed E-state index contributed by atoms with van der Waals surface area (Å²) in [5.41, 5.74) is 0. The van der Waals surface area contributed by atoms with E-state index in [4.69, 9.17) is 9.47 Å². The molecule has 0 amide bonds. The second kappa shape index (κ2) is 15.7. The minimum Gasteiger partial charge on any atom is -0.381 e. The number of ether oxygens (including phenoxy) is 2. The Labute approximate surface area is 189 Å². The molecule has 2 saturated heterocycles. The lowest BCUT2D eigenvalue weighted by Gasteiger charge is -2.34. The third kappa shape index (κ3) is 10.1. The van der Waals surface area contributed by atoms with E-state index in [9.17, 15) is 0 Å². The van der Waals surface area contributed by atoms with E-state index in [0.29, 0.717) is 17.9 Å². The highest BCUT2D eigenvalue weighted by Gasteiger charge is 2.22. The van der Waals surface area contributed by atoms with E-state index in [-0.39, 0.29) is 24.0 Å². The van der Waals surface area contributed by atoms with Crippen LogP contribution in [-0.2, 0) is 9.47 Å². The summed E-state index contributed by atoms with van der Waals surface area (Å²) in [6.07, 6.45) is 7.57. The molecule has 2 aliphatic heterocycles. The smallest absolute Gasteiger partial charge is 0.191 e. The number of halogens is 1. The Hall–Kier alpha value is -0.120. The van der Waals surface area contributed by atoms with Crippen molar-refractivity contribution in [3.63, 3.8) is 0 Å². The summed E-state index contributed by atoms with van der Waals surface area (Å²) in [6, 6.07) is 0.568. The van der Waals surface area contributed by atoms with Gasteiger partial charge in [0.2, 0.25) is 0 Å². The first-order valence-electron chi connectivity index (χ1n) is 11.0. The molecule has 0 bridgehead atoms. The van der Waals surface area contributed by atoms with E-state index in [2.05, 4.69) is 34.4 Å². The van der Waals surface area contributed by atoms with Crippen LogP contribution in [0.25, 0.3) is 0 Å². The molecule has 2 heterocycles. The van der Waals surface area contributed by atoms with Gasteiger partial charge >= 0.3 is 0 Å². The highest BCUT2D eigenvalue weighted by Crippen LogP contribution is 2.17. The number of nitrogens with one attached hydrogen (secondary N) is 2. The number of aliphatic imine (C=N–C) groups is 1. The fourth-order valence-corrected chi connectivity index (χ4v) is 3.98. The van der Waals surface area contributed by atoms with Gasteiger partial charge < -0.3 is 20.1 Å². The van der Waals surface area contributed by atoms with Crippen molar-refractivity contribution in [3.05, 3.63) is 0 Å². The van der Waals surface area contributed by atoms with Crippen molar-refractivity contribution in [3.8, 4) is 0 Å². The van der Waals surface area contributed by atoms with Crippen LogP contribution in [0.1, 0.15) is 52.4 Å². The topological polar surface area (TPSA) is 58.1 Å². The van der Waals surface area contributed by atoms with Gasteiger partial charge in [-0.3, -0.25) is 9.89 Å². The molecular weight excluding hydrogens is 467 g/mol. The van der Waals surface area contributed by atoms with Gasteiger partial charge in [0.15, 0.2) is 5.96 Å². The van der Waals surface area contributed by atoms with Crippen LogP contribution < -0.4 is 10.6 Å². The summed E-state index contributed by atoms with van der Waals surface area (Å²) < 4.78 is 11.1. The van der Waals surface area contributed by atoms with Gasteiger partial charge in [-0.05, 0) is 44.7 Å². The van der Waals surface area contributed by atoms with Gasteiger partial charge in [0.25, 0.3) is 0 Å². The molecule has 2 fully saturated rings. The standard InChI is InChI=1S/C21H42N4O2.HI/c1-18(2)20(25-11-6-4-5-7-12-25)15-24-21(22-3)23-10-8-13-26-16-19-9-14-27-17-19;/h18-20H,4-17H2,1-3H3,(H2,22,23,24);1H. The summed E-state index contributed by atoms with van der Waals surface area (Å²) in [5.74, 6) is 2.14. The quantitative estimate of drug-likeness (QED) is 0.205. The van der Waals surface area contributed by atoms with Crippen LogP contribution in [0.5, 0.6) is 0 Å². The van der Waals surface area contributed by atoms with Crippen LogP contribution in [0.2, 0.25) is 0 Å². The zero-order chi connectivity index (χ0) is 19.3. The monoisotopic (exact) mass is 510 g/mol. The molecule has 2 atom stereocenters. The summed E-state index contributed by atoms with van der Waals surface area (Å²) in [7, 11) is 1.85. The summed E-state index contributed by atoms with van der Waals surface area (Å²) >= 11 is 0. The largest absolute Gasteiger partial charge is 0.381 e. The van der Waals surface area contributed by atoms with E-state index in [1.165, 1.54) is 38.8 Å². The predicted octanol–water partition coefficient (Wildman–Crippen LogP) is 3.11. The summed E-state index contributed by atoms with van der Waals surface area (Å²) in [4.78, 5) is 7.06. The van der Waals surface area contributed by atoms with E-state index < -0.39 is 0 Å². The number of hydrogen-bond donors (Lipinski definition) is 2. The molecule has 0 aromatic rings. The maximum absolute atomic E-state index is 5.77. The van der Waals surface area contributed by atoms with Gasteiger partial charge in [0, 0.05) is 45.3 Å². The van der Waals surface area contributed by atoms with Crippen LogP contribution in [0.15, 0.2) is 4.99 Å². The number of nitrogens with zero attached hydrogens (tertiary/aromatic N) is 2. The molecule has 2 rings (SSSR count). The Morgan fingerprint density at radius 2 is 1.93 bits per heavy atom. The van der Waals surface area contributed by atoms with Crippen molar-refractivity contribution < 1.29 is 9.47 Å². The molecule has 0 saturated carbocycles. The van der Waals surface area contributed by atoms with Crippen LogP contribution in [0.3, 0.4) is 0 Å². The summed E-state index contributed by atoms with van der Waals surface area (Å²) in [5, 5.41) is 6.97. The first-order chi connectivity index (χ1) is 13.2. The molecule has 2 aliphatic rings. The molecule has 0 aromatic carbocycles. The number of hydrogen-bond acceptors (Lipinski definition) is 4. The second-order valence-electron chi connectivity index (χ2n) is 8.30. The molecule has 6 nitrogen and oxygen atoms in total. The third-order valence-corrected chi connectivity index (χ3v) is 5.72. The summed E-state index contributed by atoms with van der Waals surface area (Å²) in [6.45, 7) is 12.4. The molecule has 2 N–H and O–H groups in total. The van der Waals surface area contributed by atoms with Crippen LogP contribution in [0.4, 0.5) is 0 Å². The molecule has 0 spiro atoms. The molecule has 0 radical (unpaired) electrons. The van der Waals surface area contributed by atoms with E-state index in [1.807, 2.05) is 7.05 Å². The second-order valence-corrected chi connectivity index (χ2v) is 8.30. The van der Waals surface area contributed by atoms with E-state index in [1.54, 1.807) is 0 Å². The zero-order valence-corrected chi connectivity index (χ0v) is 20.6. The molecular formula is C21H43IN4O2. The predicted molar refractivity (Wildman–Crippen MR) is 128 cm³/mol. The van der Waals surface area contributed by atoms with Gasteiger partial charge in [-0.15, -0.1) is 24.0 Å². The molecule has 0 aromatic heterocycles. The Kier molecular flexibility index (Phi) is 14.5. The Morgan fingerprint density at radius 1 is 1.18 bits per heavy atom. The average molecular weight is 511 g/mol. The third-order valence-electron chi connectivity index (χ3n) is 5.72. The molecule has 166 valence electrons. The first-order valence-corrected chi connectivity index (χ1v) is 11.0. The molecule has 7 heteroatoms. The zero-order valence-electron chi connectivity index (χ0n) is 18.3. The number of guanidine groups is 1. The fraction of sp³-hybridized carbons (Fsp3) is 0.952.